The molecule has 0 atom stereocenters. The van der Waals surface area contributed by atoms with Crippen molar-refractivity contribution in [2.75, 3.05) is 6.61 Å². The number of hydrogen-bond acceptors (Lipinski definition) is 2. The lowest BCUT2D eigenvalue weighted by atomic mass is 9.81. The summed E-state index contributed by atoms with van der Waals surface area (Å²) in [5.41, 5.74) is -2.21. The summed E-state index contributed by atoms with van der Waals surface area (Å²) in [4.78, 5) is 11.8. The summed E-state index contributed by atoms with van der Waals surface area (Å²) in [6.45, 7) is 4.60. The van der Waals surface area contributed by atoms with Crippen LogP contribution in [0.3, 0.4) is 0 Å². The van der Waals surface area contributed by atoms with E-state index in [1.165, 1.54) is 32.0 Å². The molecule has 0 saturated heterocycles. The van der Waals surface area contributed by atoms with Crippen molar-refractivity contribution in [1.82, 2.24) is 0 Å². The molecule has 100 valence electrons. The lowest BCUT2D eigenvalue weighted by Crippen LogP contribution is -2.33. The molecular formula is C13H15F3O2. The SMILES string of the molecule is CCOC(=O)C(C)(C)c1ccccc1C(F)(F)F. The molecular weight excluding hydrogens is 245 g/mol. The molecule has 5 heteroatoms. The topological polar surface area (TPSA) is 26.3 Å². The fourth-order valence-electron chi connectivity index (χ4n) is 1.70. The summed E-state index contributed by atoms with van der Waals surface area (Å²) in [6.07, 6.45) is -4.49. The minimum atomic E-state index is -4.49. The van der Waals surface area contributed by atoms with Crippen molar-refractivity contribution in [2.45, 2.75) is 32.4 Å². The Kier molecular flexibility index (Phi) is 4.04. The van der Waals surface area contributed by atoms with Crippen LogP contribution >= 0.6 is 0 Å². The molecule has 0 fully saturated rings. The van der Waals surface area contributed by atoms with Crippen LogP contribution in [0.4, 0.5) is 13.2 Å². The summed E-state index contributed by atoms with van der Waals surface area (Å²) in [5, 5.41) is 0. The fourth-order valence-corrected chi connectivity index (χ4v) is 1.70. The Morgan fingerprint density at radius 2 is 1.67 bits per heavy atom. The average Bonchev–Trinajstić information content (AvgIpc) is 2.28. The van der Waals surface area contributed by atoms with Crippen LogP contribution in [0.15, 0.2) is 24.3 Å². The van der Waals surface area contributed by atoms with E-state index < -0.39 is 23.1 Å². The Bertz CT molecular complexity index is 436. The van der Waals surface area contributed by atoms with E-state index in [1.54, 1.807) is 6.92 Å². The molecule has 0 amide bonds. The summed E-state index contributed by atoms with van der Waals surface area (Å²) in [6, 6.07) is 5.05. The maximum atomic E-state index is 12.9. The van der Waals surface area contributed by atoms with Crippen LogP contribution in [0.5, 0.6) is 0 Å². The lowest BCUT2D eigenvalue weighted by Gasteiger charge is -2.26. The molecule has 0 heterocycles. The number of hydrogen-bond donors (Lipinski definition) is 0. The third-order valence-corrected chi connectivity index (χ3v) is 2.69. The number of alkyl halides is 3. The van der Waals surface area contributed by atoms with Crippen molar-refractivity contribution in [3.8, 4) is 0 Å². The van der Waals surface area contributed by atoms with E-state index in [0.717, 1.165) is 6.07 Å². The summed E-state index contributed by atoms with van der Waals surface area (Å²) < 4.78 is 43.4. The van der Waals surface area contributed by atoms with Gasteiger partial charge >= 0.3 is 12.1 Å². The molecule has 0 N–H and O–H groups in total. The highest BCUT2D eigenvalue weighted by molar-refractivity contribution is 5.82. The number of benzene rings is 1. The second-order valence-electron chi connectivity index (χ2n) is 4.39. The third kappa shape index (κ3) is 2.83. The van der Waals surface area contributed by atoms with Gasteiger partial charge in [0.2, 0.25) is 0 Å². The van der Waals surface area contributed by atoms with Crippen LogP contribution in [0.2, 0.25) is 0 Å². The number of esters is 1. The zero-order chi connectivity index (χ0) is 14.0. The first kappa shape index (κ1) is 14.5. The van der Waals surface area contributed by atoms with Gasteiger partial charge in [-0.25, -0.2) is 0 Å². The molecule has 0 aliphatic rings. The lowest BCUT2D eigenvalue weighted by molar-refractivity contribution is -0.150. The summed E-state index contributed by atoms with van der Waals surface area (Å²) in [7, 11) is 0. The molecule has 1 rings (SSSR count). The Labute approximate surface area is 104 Å². The molecule has 0 bridgehead atoms. The maximum absolute atomic E-state index is 12.9. The minimum Gasteiger partial charge on any atom is -0.465 e. The molecule has 0 saturated carbocycles. The molecule has 0 aliphatic carbocycles. The molecule has 0 spiro atoms. The van der Waals surface area contributed by atoms with Crippen LogP contribution in [-0.4, -0.2) is 12.6 Å². The highest BCUT2D eigenvalue weighted by atomic mass is 19.4. The van der Waals surface area contributed by atoms with Crippen LogP contribution in [0, 0.1) is 0 Å². The van der Waals surface area contributed by atoms with Crippen molar-refractivity contribution < 1.29 is 22.7 Å². The van der Waals surface area contributed by atoms with E-state index in [-0.39, 0.29) is 12.2 Å². The normalized spacial score (nSPS) is 12.3. The van der Waals surface area contributed by atoms with E-state index in [4.69, 9.17) is 4.74 Å². The van der Waals surface area contributed by atoms with Gasteiger partial charge in [0.25, 0.3) is 0 Å². The monoisotopic (exact) mass is 260 g/mol. The molecule has 2 nitrogen and oxygen atoms in total. The van der Waals surface area contributed by atoms with Crippen LogP contribution in [0.25, 0.3) is 0 Å². The number of rotatable bonds is 3. The second kappa shape index (κ2) is 5.00. The van der Waals surface area contributed by atoms with Gasteiger partial charge in [0, 0.05) is 0 Å². The quantitative estimate of drug-likeness (QED) is 0.777. The Morgan fingerprint density at radius 1 is 1.17 bits per heavy atom. The first-order valence-corrected chi connectivity index (χ1v) is 5.55. The molecule has 1 aromatic carbocycles. The predicted molar refractivity (Wildman–Crippen MR) is 61.1 cm³/mol. The average molecular weight is 260 g/mol. The number of ether oxygens (including phenoxy) is 1. The smallest absolute Gasteiger partial charge is 0.416 e. The van der Waals surface area contributed by atoms with E-state index in [9.17, 15) is 18.0 Å². The number of carbonyl (C=O) groups excluding carboxylic acids is 1. The summed E-state index contributed by atoms with van der Waals surface area (Å²) in [5.74, 6) is -0.665. The van der Waals surface area contributed by atoms with Crippen molar-refractivity contribution in [2.24, 2.45) is 0 Å². The van der Waals surface area contributed by atoms with E-state index in [0.29, 0.717) is 0 Å². The standard InChI is InChI=1S/C13H15F3O2/c1-4-18-11(17)12(2,3)9-7-5-6-8-10(9)13(14,15)16/h5-8H,4H2,1-3H3. The number of carbonyl (C=O) groups is 1. The molecule has 0 radical (unpaired) electrons. The molecule has 1 aromatic rings. The van der Waals surface area contributed by atoms with Gasteiger partial charge in [0.05, 0.1) is 17.6 Å². The predicted octanol–water partition coefficient (Wildman–Crippen LogP) is 3.55. The van der Waals surface area contributed by atoms with Gasteiger partial charge in [-0.15, -0.1) is 0 Å². The Hall–Kier alpha value is -1.52. The van der Waals surface area contributed by atoms with Crippen LogP contribution in [-0.2, 0) is 21.1 Å². The van der Waals surface area contributed by atoms with Crippen LogP contribution < -0.4 is 0 Å². The fraction of sp³-hybridized carbons (Fsp3) is 0.462. The Balaban J connectivity index is 3.28. The van der Waals surface area contributed by atoms with E-state index in [2.05, 4.69) is 0 Å². The first-order chi connectivity index (χ1) is 8.21. The zero-order valence-electron chi connectivity index (χ0n) is 10.5. The molecule has 18 heavy (non-hydrogen) atoms. The zero-order valence-corrected chi connectivity index (χ0v) is 10.5. The van der Waals surface area contributed by atoms with Gasteiger partial charge < -0.3 is 4.74 Å². The van der Waals surface area contributed by atoms with Gasteiger partial charge in [-0.1, -0.05) is 18.2 Å². The molecule has 0 unspecified atom stereocenters. The van der Waals surface area contributed by atoms with Gasteiger partial charge in [0.1, 0.15) is 0 Å². The van der Waals surface area contributed by atoms with Crippen LogP contribution in [0.1, 0.15) is 31.9 Å². The van der Waals surface area contributed by atoms with E-state index in [1.807, 2.05) is 0 Å². The minimum absolute atomic E-state index is 0.0732. The van der Waals surface area contributed by atoms with E-state index >= 15 is 0 Å². The van der Waals surface area contributed by atoms with Gasteiger partial charge in [0.15, 0.2) is 0 Å². The second-order valence-corrected chi connectivity index (χ2v) is 4.39. The maximum Gasteiger partial charge on any atom is 0.416 e. The highest BCUT2D eigenvalue weighted by Crippen LogP contribution is 2.37. The van der Waals surface area contributed by atoms with Gasteiger partial charge in [-0.3, -0.25) is 4.79 Å². The van der Waals surface area contributed by atoms with Gasteiger partial charge in [-0.2, -0.15) is 13.2 Å². The van der Waals surface area contributed by atoms with Gasteiger partial charge in [-0.05, 0) is 32.4 Å². The largest absolute Gasteiger partial charge is 0.465 e. The molecule has 0 aliphatic heterocycles. The Morgan fingerprint density at radius 3 is 2.11 bits per heavy atom. The first-order valence-electron chi connectivity index (χ1n) is 5.55. The van der Waals surface area contributed by atoms with Crippen molar-refractivity contribution >= 4 is 5.97 Å². The number of halogens is 3. The van der Waals surface area contributed by atoms with Crippen molar-refractivity contribution in [1.29, 1.82) is 0 Å². The molecule has 0 aromatic heterocycles. The van der Waals surface area contributed by atoms with Crippen molar-refractivity contribution in [3.05, 3.63) is 35.4 Å². The van der Waals surface area contributed by atoms with Crippen molar-refractivity contribution in [3.63, 3.8) is 0 Å². The summed E-state index contributed by atoms with van der Waals surface area (Å²) >= 11 is 0. The highest BCUT2D eigenvalue weighted by Gasteiger charge is 2.41. The third-order valence-electron chi connectivity index (χ3n) is 2.69.